The van der Waals surface area contributed by atoms with Crippen molar-refractivity contribution < 1.29 is 39.0 Å². The Labute approximate surface area is 158 Å². The van der Waals surface area contributed by atoms with Gasteiger partial charge < -0.3 is 19.4 Å². The van der Waals surface area contributed by atoms with Gasteiger partial charge in [0.15, 0.2) is 0 Å². The Balaban J connectivity index is -0.000000137. The summed E-state index contributed by atoms with van der Waals surface area (Å²) in [5, 5.41) is 10.2. The largest absolute Gasteiger partial charge is 0.550 e. The van der Waals surface area contributed by atoms with Crippen LogP contribution in [-0.2, 0) is 23.9 Å². The molecule has 6 heteroatoms. The number of aliphatic carboxylic acids is 1. The van der Waals surface area contributed by atoms with E-state index in [1.807, 2.05) is 0 Å². The molecule has 148 valence electrons. The molecule has 0 amide bonds. The summed E-state index contributed by atoms with van der Waals surface area (Å²) < 4.78 is 9.86. The molecule has 0 atom stereocenters. The molecule has 0 bridgehead atoms. The molecule has 0 aromatic carbocycles. The van der Waals surface area contributed by atoms with Crippen LogP contribution in [0.5, 0.6) is 0 Å². The van der Waals surface area contributed by atoms with Crippen LogP contribution in [0.3, 0.4) is 0 Å². The van der Waals surface area contributed by atoms with Crippen LogP contribution in [0.15, 0.2) is 0 Å². The highest BCUT2D eigenvalue weighted by molar-refractivity contribution is 5.89. The van der Waals surface area contributed by atoms with Crippen LogP contribution in [0.25, 0.3) is 0 Å². The molecule has 25 heavy (non-hydrogen) atoms. The van der Waals surface area contributed by atoms with Gasteiger partial charge in [0.05, 0.1) is 13.2 Å². The van der Waals surface area contributed by atoms with E-state index in [0.717, 1.165) is 0 Å². The van der Waals surface area contributed by atoms with E-state index in [9.17, 15) is 19.5 Å². The van der Waals surface area contributed by atoms with Gasteiger partial charge in [-0.3, -0.25) is 4.79 Å². The predicted octanol–water partition coefficient (Wildman–Crippen LogP) is 2.31. The van der Waals surface area contributed by atoms with Crippen molar-refractivity contribution in [2.24, 2.45) is 0 Å². The van der Waals surface area contributed by atoms with Gasteiger partial charge in [0, 0.05) is 28.3 Å². The summed E-state index contributed by atoms with van der Waals surface area (Å²) in [6.45, 7) is 2.10. The molecule has 0 aromatic heterocycles. The van der Waals surface area contributed by atoms with Gasteiger partial charge in [-0.05, 0) is 69.1 Å². The zero-order valence-corrected chi connectivity index (χ0v) is 14.3. The van der Waals surface area contributed by atoms with E-state index in [2.05, 4.69) is 35.5 Å². The van der Waals surface area contributed by atoms with E-state index >= 15 is 0 Å². The first-order valence-corrected chi connectivity index (χ1v) is 8.01. The Kier molecular flexibility index (Phi) is 14.1. The highest BCUT2D eigenvalue weighted by atomic mass is 16.5. The second kappa shape index (κ2) is 16.0. The Morgan fingerprint density at radius 3 is 2.20 bits per heavy atom. The van der Waals surface area contributed by atoms with E-state index < -0.39 is 11.9 Å². The van der Waals surface area contributed by atoms with Gasteiger partial charge in [-0.25, -0.2) is 4.79 Å². The Hall–Kier alpha value is -2.91. The summed E-state index contributed by atoms with van der Waals surface area (Å²) in [5.41, 5.74) is 0. The van der Waals surface area contributed by atoms with Crippen LogP contribution < -0.4 is 5.11 Å². The molecule has 0 aliphatic rings. The van der Waals surface area contributed by atoms with E-state index in [-0.39, 0.29) is 42.0 Å². The van der Waals surface area contributed by atoms with Crippen LogP contribution in [0, 0.1) is 35.5 Å². The number of carbonyl (C=O) groups is 3. The number of ether oxygens (including phenoxy) is 2. The molecule has 0 saturated carbocycles. The van der Waals surface area contributed by atoms with Crippen LogP contribution in [0.4, 0.5) is 0 Å². The molecule has 0 fully saturated rings. The lowest BCUT2D eigenvalue weighted by atomic mass is 10.2. The van der Waals surface area contributed by atoms with Gasteiger partial charge in [0.25, 0.3) is 0 Å². The van der Waals surface area contributed by atoms with Gasteiger partial charge in [0.1, 0.15) is 0 Å². The highest BCUT2D eigenvalue weighted by Gasteiger charge is 2.03. The minimum Gasteiger partial charge on any atom is -0.550 e. The SMILES string of the molecule is CC#CC#CC#CC(=O)OCCCCC(=O)OCCCCCC(=O)[O-].[HH].[HH].[HH].[HH].[HH].[HH].[HH]. The number of carboxylic acid groups (broad SMARTS) is 1. The normalized spacial score (nSPS) is 8.52. The maximum atomic E-state index is 11.4. The lowest BCUT2D eigenvalue weighted by molar-refractivity contribution is -0.305. The quantitative estimate of drug-likeness (QED) is 0.243. The molecule has 6 nitrogen and oxygen atoms in total. The number of unbranched alkanes of at least 4 members (excludes halogenated alkanes) is 3. The summed E-state index contributed by atoms with van der Waals surface area (Å²) >= 11 is 0. The molecule has 0 radical (unpaired) electrons. The number of rotatable bonds is 11. The number of hydrogen-bond donors (Lipinski definition) is 0. The van der Waals surface area contributed by atoms with E-state index in [0.29, 0.717) is 32.1 Å². The van der Waals surface area contributed by atoms with E-state index in [1.165, 1.54) is 0 Å². The number of carbonyl (C=O) groups excluding carboxylic acids is 3. The van der Waals surface area contributed by atoms with Crippen molar-refractivity contribution in [1.82, 2.24) is 0 Å². The zero-order valence-electron chi connectivity index (χ0n) is 14.3. The summed E-state index contributed by atoms with van der Waals surface area (Å²) in [6, 6.07) is 0. The van der Waals surface area contributed by atoms with Gasteiger partial charge in [-0.15, -0.1) is 0 Å². The first kappa shape index (κ1) is 22.1. The smallest absolute Gasteiger partial charge is 0.385 e. The van der Waals surface area contributed by atoms with Crippen LogP contribution in [0.2, 0.25) is 0 Å². The number of hydrogen-bond acceptors (Lipinski definition) is 6. The predicted molar refractivity (Wildman–Crippen MR) is 103 cm³/mol. The fourth-order valence-electron chi connectivity index (χ4n) is 1.59. The molecular weight excluding hydrogens is 324 g/mol. The van der Waals surface area contributed by atoms with Crippen molar-refractivity contribution in [3.05, 3.63) is 0 Å². The molecule has 0 saturated heterocycles. The fraction of sp³-hybridized carbons (Fsp3) is 0.526. The van der Waals surface area contributed by atoms with Crippen molar-refractivity contribution in [1.29, 1.82) is 0 Å². The average Bonchev–Trinajstić information content (AvgIpc) is 2.57. The summed E-state index contributed by atoms with van der Waals surface area (Å²) in [5.74, 6) is 12.4. The third-order valence-electron chi connectivity index (χ3n) is 2.77. The van der Waals surface area contributed by atoms with Gasteiger partial charge in [0.2, 0.25) is 0 Å². The molecule has 0 aliphatic heterocycles. The van der Waals surface area contributed by atoms with Gasteiger partial charge >= 0.3 is 11.9 Å². The minimum atomic E-state index is -1.07. The number of esters is 2. The Bertz CT molecular complexity index is 640. The summed E-state index contributed by atoms with van der Waals surface area (Å²) in [7, 11) is 0. The zero-order chi connectivity index (χ0) is 18.8. The average molecular weight is 359 g/mol. The maximum Gasteiger partial charge on any atom is 0.385 e. The maximum absolute atomic E-state index is 11.4. The van der Waals surface area contributed by atoms with Gasteiger partial charge in [-0.2, -0.15) is 0 Å². The number of carboxylic acids is 1. The Morgan fingerprint density at radius 2 is 1.48 bits per heavy atom. The van der Waals surface area contributed by atoms with Crippen molar-refractivity contribution in [2.45, 2.75) is 51.9 Å². The van der Waals surface area contributed by atoms with Crippen LogP contribution in [-0.4, -0.2) is 31.1 Å². The van der Waals surface area contributed by atoms with Crippen LogP contribution in [0.1, 0.15) is 61.9 Å². The second-order valence-corrected chi connectivity index (χ2v) is 4.87. The summed E-state index contributed by atoms with van der Waals surface area (Å²) in [6.07, 6.45) is 3.15. The minimum absolute atomic E-state index is 0. The monoisotopic (exact) mass is 359 g/mol. The van der Waals surface area contributed by atoms with Crippen molar-refractivity contribution in [3.63, 3.8) is 0 Å². The van der Waals surface area contributed by atoms with E-state index in [4.69, 9.17) is 9.47 Å². The first-order valence-electron chi connectivity index (χ1n) is 8.01. The third kappa shape index (κ3) is 17.3. The van der Waals surface area contributed by atoms with Crippen molar-refractivity contribution in [3.8, 4) is 35.5 Å². The lowest BCUT2D eigenvalue weighted by Gasteiger charge is -2.05. The Morgan fingerprint density at radius 1 is 0.840 bits per heavy atom. The molecule has 0 aromatic rings. The fourth-order valence-corrected chi connectivity index (χ4v) is 1.59. The van der Waals surface area contributed by atoms with E-state index in [1.54, 1.807) is 6.92 Å². The van der Waals surface area contributed by atoms with Crippen LogP contribution >= 0.6 is 0 Å². The molecule has 0 aliphatic carbocycles. The molecule has 0 heterocycles. The molecule has 0 spiro atoms. The van der Waals surface area contributed by atoms with Crippen molar-refractivity contribution in [2.75, 3.05) is 13.2 Å². The third-order valence-corrected chi connectivity index (χ3v) is 2.77. The van der Waals surface area contributed by atoms with Gasteiger partial charge in [-0.1, -0.05) is 5.92 Å². The molecular formula is C19H35O6-. The standard InChI is InChI=1S/C19H22O6.7H2/c1-2-3-4-5-8-13-18(22)25-16-11-9-14-19(23)24-15-10-6-7-12-17(20)21;;;;;;;/h6-7,9-12,14-16H2,1H3,(H,20,21);7*1H/p-1. The highest BCUT2D eigenvalue weighted by Crippen LogP contribution is 2.02. The second-order valence-electron chi connectivity index (χ2n) is 4.87. The molecule has 0 unspecified atom stereocenters. The molecule has 0 N–H and O–H groups in total. The summed E-state index contributed by atoms with van der Waals surface area (Å²) in [4.78, 5) is 32.8. The van der Waals surface area contributed by atoms with Crippen molar-refractivity contribution >= 4 is 17.9 Å². The first-order chi connectivity index (χ1) is 12.1. The topological polar surface area (TPSA) is 92.7 Å². The molecule has 0 rings (SSSR count). The lowest BCUT2D eigenvalue weighted by Crippen LogP contribution is -2.21.